The van der Waals surface area contributed by atoms with Crippen LogP contribution in [-0.2, 0) is 0 Å². The summed E-state index contributed by atoms with van der Waals surface area (Å²) in [5.74, 6) is -7.76. The van der Waals surface area contributed by atoms with Gasteiger partial charge in [-0.1, -0.05) is 12.1 Å². The van der Waals surface area contributed by atoms with Gasteiger partial charge in [0.1, 0.15) is 11.2 Å². The molecule has 0 aliphatic heterocycles. The van der Waals surface area contributed by atoms with Gasteiger partial charge in [0.25, 0.3) is 0 Å². The third-order valence-corrected chi connectivity index (χ3v) is 3.40. The van der Waals surface area contributed by atoms with E-state index in [0.29, 0.717) is 0 Å². The molecule has 0 aliphatic rings. The molecule has 126 valence electrons. The summed E-state index contributed by atoms with van der Waals surface area (Å²) in [7, 11) is 0. The molecule has 0 aliphatic carbocycles. The highest BCUT2D eigenvalue weighted by Gasteiger charge is 2.31. The van der Waals surface area contributed by atoms with E-state index in [0.717, 1.165) is 24.3 Å². The van der Waals surface area contributed by atoms with Gasteiger partial charge in [-0.2, -0.15) is 5.26 Å². The van der Waals surface area contributed by atoms with Crippen LogP contribution in [0.15, 0.2) is 29.2 Å². The average molecular weight is 367 g/mol. The molecule has 0 N–H and O–H groups in total. The number of hydrogen-bond donors (Lipinski definition) is 0. The summed E-state index contributed by atoms with van der Waals surface area (Å²) in [5, 5.41) is 9.68. The molecule has 0 atom stereocenters. The highest BCUT2D eigenvalue weighted by atomic mass is 32.2. The summed E-state index contributed by atoms with van der Waals surface area (Å²) in [6, 6.07) is 3.07. The molecule has 0 spiro atoms. The molecule has 2 aromatic rings. The number of rotatable bonds is 3. The Morgan fingerprint density at radius 2 is 1.38 bits per heavy atom. The summed E-state index contributed by atoms with van der Waals surface area (Å²) in [5.41, 5.74) is -1.52. The monoisotopic (exact) mass is 367 g/mol. The Balaban J connectivity index is 2.52. The highest BCUT2D eigenvalue weighted by molar-refractivity contribution is 8.03. The number of nitriles is 1. The van der Waals surface area contributed by atoms with Crippen LogP contribution in [0.2, 0.25) is 0 Å². The van der Waals surface area contributed by atoms with Crippen molar-refractivity contribution in [2.24, 2.45) is 0 Å². The van der Waals surface area contributed by atoms with Gasteiger partial charge in [-0.3, -0.25) is 0 Å². The first-order valence-corrected chi connectivity index (χ1v) is 6.75. The maximum Gasteiger partial charge on any atom is 0.573 e. The molecule has 24 heavy (non-hydrogen) atoms. The Morgan fingerprint density at radius 1 is 0.875 bits per heavy atom. The van der Waals surface area contributed by atoms with E-state index in [9.17, 15) is 30.7 Å². The first-order chi connectivity index (χ1) is 11.2. The minimum atomic E-state index is -4.97. The van der Waals surface area contributed by atoms with E-state index in [2.05, 4.69) is 4.74 Å². The van der Waals surface area contributed by atoms with Crippen molar-refractivity contribution in [3.63, 3.8) is 0 Å². The van der Waals surface area contributed by atoms with Crippen LogP contribution in [0.4, 0.5) is 30.7 Å². The summed E-state index contributed by atoms with van der Waals surface area (Å²) < 4.78 is 95.2. The Hall–Kier alpha value is -2.41. The number of nitrogens with zero attached hydrogens (tertiary/aromatic N) is 1. The zero-order valence-corrected chi connectivity index (χ0v) is 12.0. The van der Waals surface area contributed by atoms with Gasteiger partial charge in [-0.05, 0) is 29.5 Å². The van der Waals surface area contributed by atoms with E-state index in [-0.39, 0.29) is 11.8 Å². The van der Waals surface area contributed by atoms with Gasteiger partial charge in [-0.25, -0.2) is 17.6 Å². The van der Waals surface area contributed by atoms with E-state index in [4.69, 9.17) is 5.26 Å². The normalized spacial score (nSPS) is 11.2. The third-order valence-electron chi connectivity index (χ3n) is 2.75. The predicted molar refractivity (Wildman–Crippen MR) is 69.9 cm³/mol. The zero-order chi connectivity index (χ0) is 18.1. The molecule has 10 heteroatoms. The van der Waals surface area contributed by atoms with Gasteiger partial charge in [0.05, 0.1) is 10.5 Å². The highest BCUT2D eigenvalue weighted by Crippen LogP contribution is 2.36. The first-order valence-electron chi connectivity index (χ1n) is 5.93. The Morgan fingerprint density at radius 3 is 1.79 bits per heavy atom. The van der Waals surface area contributed by atoms with Crippen molar-refractivity contribution in [3.05, 3.63) is 47.5 Å². The zero-order valence-electron chi connectivity index (χ0n) is 11.2. The lowest BCUT2D eigenvalue weighted by Crippen LogP contribution is -2.17. The van der Waals surface area contributed by atoms with Crippen molar-refractivity contribution in [1.29, 1.82) is 5.26 Å². The molecular weight excluding hydrogens is 363 g/mol. The fourth-order valence-electron chi connectivity index (χ4n) is 1.82. The van der Waals surface area contributed by atoms with Crippen LogP contribution in [-0.4, -0.2) is 6.36 Å². The molecule has 2 aromatic carbocycles. The van der Waals surface area contributed by atoms with Crippen LogP contribution < -0.4 is 4.74 Å². The quantitative estimate of drug-likeness (QED) is 0.316. The fourth-order valence-corrected chi connectivity index (χ4v) is 2.27. The summed E-state index contributed by atoms with van der Waals surface area (Å²) >= 11 is -0.0999. The van der Waals surface area contributed by atoms with Crippen molar-refractivity contribution in [3.8, 4) is 22.3 Å². The van der Waals surface area contributed by atoms with Gasteiger partial charge in [0, 0.05) is 0 Å². The molecule has 0 aromatic heterocycles. The maximum atomic E-state index is 14.0. The lowest BCUT2D eigenvalue weighted by molar-refractivity contribution is -0.274. The van der Waals surface area contributed by atoms with E-state index in [1.54, 1.807) is 0 Å². The Labute approximate surface area is 134 Å². The lowest BCUT2D eigenvalue weighted by Gasteiger charge is -2.12. The first kappa shape index (κ1) is 17.9. The topological polar surface area (TPSA) is 33.0 Å². The third kappa shape index (κ3) is 3.56. The molecule has 0 fully saturated rings. The van der Waals surface area contributed by atoms with Crippen molar-refractivity contribution in [1.82, 2.24) is 0 Å². The van der Waals surface area contributed by atoms with Gasteiger partial charge in [0.15, 0.2) is 23.3 Å². The molecule has 2 rings (SSSR count). The maximum absolute atomic E-state index is 14.0. The Bertz CT molecular complexity index is 783. The number of halogens is 7. The average Bonchev–Trinajstić information content (AvgIpc) is 2.50. The summed E-state index contributed by atoms with van der Waals surface area (Å²) in [6.07, 6.45) is -4.97. The van der Waals surface area contributed by atoms with Crippen LogP contribution >= 0.6 is 11.8 Å². The summed E-state index contributed by atoms with van der Waals surface area (Å²) in [6.45, 7) is 0. The number of hydrogen-bond acceptors (Lipinski definition) is 3. The van der Waals surface area contributed by atoms with Crippen molar-refractivity contribution in [2.45, 2.75) is 11.3 Å². The number of ether oxygens (including phenoxy) is 1. The minimum Gasteiger partial charge on any atom is -0.406 e. The Kier molecular flexibility index (Phi) is 4.94. The van der Waals surface area contributed by atoms with E-state index in [1.165, 1.54) is 5.40 Å². The van der Waals surface area contributed by atoms with Crippen molar-refractivity contribution < 1.29 is 35.5 Å². The van der Waals surface area contributed by atoms with Crippen LogP contribution in [0.3, 0.4) is 0 Å². The predicted octanol–water partition coefficient (Wildman–Crippen LogP) is 5.38. The molecule has 0 saturated carbocycles. The van der Waals surface area contributed by atoms with Crippen LogP contribution in [0.25, 0.3) is 11.1 Å². The largest absolute Gasteiger partial charge is 0.573 e. The lowest BCUT2D eigenvalue weighted by atomic mass is 10.0. The molecular formula is C14H4F7NOS. The number of thioether (sulfide) groups is 1. The van der Waals surface area contributed by atoms with E-state index >= 15 is 0 Å². The second-order valence-electron chi connectivity index (χ2n) is 4.23. The van der Waals surface area contributed by atoms with Crippen LogP contribution in [0, 0.1) is 33.9 Å². The molecule has 0 heterocycles. The van der Waals surface area contributed by atoms with Crippen LogP contribution in [0.1, 0.15) is 0 Å². The van der Waals surface area contributed by atoms with E-state index in [1.807, 2.05) is 0 Å². The second kappa shape index (κ2) is 6.60. The fraction of sp³-hybridized carbons (Fsp3) is 0.0714. The summed E-state index contributed by atoms with van der Waals surface area (Å²) in [4.78, 5) is -1.15. The van der Waals surface area contributed by atoms with Crippen LogP contribution in [0.5, 0.6) is 5.75 Å². The molecule has 0 bridgehead atoms. The SMILES string of the molecule is N#CSc1c(F)c(F)c(-c2ccc(OC(F)(F)F)cc2)c(F)c1F. The molecule has 0 amide bonds. The van der Waals surface area contributed by atoms with Crippen molar-refractivity contribution >= 4 is 11.8 Å². The number of alkyl halides is 3. The smallest absolute Gasteiger partial charge is 0.406 e. The molecule has 0 radical (unpaired) electrons. The van der Waals surface area contributed by atoms with Crippen molar-refractivity contribution in [2.75, 3.05) is 0 Å². The molecule has 0 saturated heterocycles. The minimum absolute atomic E-state index is 0.0999. The van der Waals surface area contributed by atoms with Gasteiger partial charge in [-0.15, -0.1) is 13.2 Å². The molecule has 0 unspecified atom stereocenters. The number of thiocyanates is 1. The van der Waals surface area contributed by atoms with Gasteiger partial charge >= 0.3 is 6.36 Å². The number of benzene rings is 2. The van der Waals surface area contributed by atoms with Gasteiger partial charge < -0.3 is 4.74 Å². The van der Waals surface area contributed by atoms with Gasteiger partial charge in [0.2, 0.25) is 0 Å². The molecule has 2 nitrogen and oxygen atoms in total. The van der Waals surface area contributed by atoms with E-state index < -0.39 is 51.4 Å². The second-order valence-corrected chi connectivity index (χ2v) is 5.02. The standard InChI is InChI=1S/C14H4F7NOS/c15-9-8(10(16)12(18)13(11(9)17)24-5-22)6-1-3-7(4-2-6)23-14(19,20)21/h1-4H.